The normalized spacial score (nSPS) is 24.3. The Balaban J connectivity index is 1.55. The molecule has 0 radical (unpaired) electrons. The molecule has 3 rings (SSSR count). The van der Waals surface area contributed by atoms with Crippen molar-refractivity contribution in [2.24, 2.45) is 5.41 Å². The molecule has 0 aliphatic carbocycles. The zero-order valence-corrected chi connectivity index (χ0v) is 20.1. The fourth-order valence-corrected chi connectivity index (χ4v) is 4.50. The molecule has 2 aliphatic rings. The van der Waals surface area contributed by atoms with E-state index in [1.807, 2.05) is 6.92 Å². The molecule has 0 unspecified atom stereocenters. The minimum Gasteiger partial charge on any atom is -0.493 e. The van der Waals surface area contributed by atoms with E-state index in [-0.39, 0.29) is 42.6 Å². The van der Waals surface area contributed by atoms with E-state index >= 15 is 0 Å². The van der Waals surface area contributed by atoms with Crippen molar-refractivity contribution in [3.63, 3.8) is 0 Å². The molecule has 1 spiro atoms. The lowest BCUT2D eigenvalue weighted by Gasteiger charge is -2.41. The highest BCUT2D eigenvalue weighted by atomic mass is 19.1. The first kappa shape index (κ1) is 25.9. The molecule has 0 bridgehead atoms. The van der Waals surface area contributed by atoms with E-state index in [9.17, 15) is 18.8 Å². The predicted octanol–water partition coefficient (Wildman–Crippen LogP) is 2.41. The summed E-state index contributed by atoms with van der Waals surface area (Å²) in [6.45, 7) is 5.70. The first-order valence-corrected chi connectivity index (χ1v) is 12.1. The Labute approximate surface area is 200 Å². The quantitative estimate of drug-likeness (QED) is 0.694. The number of halogens is 1. The summed E-state index contributed by atoms with van der Waals surface area (Å²) < 4.78 is 24.4. The van der Waals surface area contributed by atoms with Gasteiger partial charge in [0.1, 0.15) is 17.6 Å². The van der Waals surface area contributed by atoms with E-state index in [2.05, 4.69) is 10.6 Å². The van der Waals surface area contributed by atoms with Gasteiger partial charge >= 0.3 is 0 Å². The molecule has 8 nitrogen and oxygen atoms in total. The molecule has 34 heavy (non-hydrogen) atoms. The Hall–Kier alpha value is -2.68. The van der Waals surface area contributed by atoms with Crippen molar-refractivity contribution in [3.8, 4) is 5.75 Å². The molecule has 9 heteroatoms. The second kappa shape index (κ2) is 12.1. The van der Waals surface area contributed by atoms with Gasteiger partial charge in [-0.25, -0.2) is 4.39 Å². The smallest absolute Gasteiger partial charge is 0.242 e. The number of hydrogen-bond donors (Lipinski definition) is 2. The van der Waals surface area contributed by atoms with Crippen molar-refractivity contribution in [2.45, 2.75) is 64.5 Å². The number of benzene rings is 1. The van der Waals surface area contributed by atoms with E-state index in [1.54, 1.807) is 24.0 Å². The third-order valence-corrected chi connectivity index (χ3v) is 6.63. The zero-order chi connectivity index (χ0) is 24.6. The van der Waals surface area contributed by atoms with Crippen LogP contribution in [-0.4, -0.2) is 67.6 Å². The maximum atomic E-state index is 13.3. The third kappa shape index (κ3) is 7.16. The van der Waals surface area contributed by atoms with Crippen LogP contribution in [0, 0.1) is 11.2 Å². The standard InChI is InChI=1S/C25H36FN3O5/c1-18-17-33-14-4-3-9-25(24(32)28-19(2)23(31)27-18)10-12-29(13-11-25)22(30)8-15-34-21-7-5-6-20(26)16-21/h5-7,16,18-19H,3-4,8-15,17H2,1-2H3,(H,27,31)(H,28,32)/t18-,19-/m0/s1. The molecule has 2 fully saturated rings. The molecule has 188 valence electrons. The molecule has 1 aromatic carbocycles. The van der Waals surface area contributed by atoms with Gasteiger partial charge in [0.2, 0.25) is 17.7 Å². The largest absolute Gasteiger partial charge is 0.493 e. The number of piperidine rings is 1. The molecular formula is C25H36FN3O5. The van der Waals surface area contributed by atoms with Gasteiger partial charge in [-0.05, 0) is 51.7 Å². The van der Waals surface area contributed by atoms with Gasteiger partial charge in [0.15, 0.2) is 0 Å². The summed E-state index contributed by atoms with van der Waals surface area (Å²) in [7, 11) is 0. The fourth-order valence-electron chi connectivity index (χ4n) is 4.50. The number of nitrogens with one attached hydrogen (secondary N) is 2. The van der Waals surface area contributed by atoms with Gasteiger partial charge in [-0.1, -0.05) is 12.5 Å². The van der Waals surface area contributed by atoms with E-state index in [1.165, 1.54) is 12.1 Å². The van der Waals surface area contributed by atoms with Crippen LogP contribution in [0.25, 0.3) is 0 Å². The van der Waals surface area contributed by atoms with Gasteiger partial charge in [0.25, 0.3) is 0 Å². The number of amides is 3. The predicted molar refractivity (Wildman–Crippen MR) is 125 cm³/mol. The lowest BCUT2D eigenvalue weighted by Crippen LogP contribution is -2.55. The zero-order valence-electron chi connectivity index (χ0n) is 20.1. The monoisotopic (exact) mass is 477 g/mol. The Morgan fingerprint density at radius 1 is 1.18 bits per heavy atom. The topological polar surface area (TPSA) is 97.0 Å². The van der Waals surface area contributed by atoms with Crippen molar-refractivity contribution < 1.29 is 28.2 Å². The number of nitrogens with zero attached hydrogens (tertiary/aromatic N) is 1. The van der Waals surface area contributed by atoms with Crippen LogP contribution in [0.15, 0.2) is 24.3 Å². The highest BCUT2D eigenvalue weighted by molar-refractivity contribution is 5.90. The van der Waals surface area contributed by atoms with Crippen molar-refractivity contribution in [2.75, 3.05) is 32.9 Å². The molecule has 2 N–H and O–H groups in total. The van der Waals surface area contributed by atoms with E-state index in [0.717, 1.165) is 12.8 Å². The lowest BCUT2D eigenvalue weighted by atomic mass is 9.73. The second-order valence-corrected chi connectivity index (χ2v) is 9.35. The van der Waals surface area contributed by atoms with Crippen LogP contribution >= 0.6 is 0 Å². The van der Waals surface area contributed by atoms with Crippen LogP contribution in [0.4, 0.5) is 4.39 Å². The number of carbonyl (C=O) groups is 3. The molecule has 2 atom stereocenters. The van der Waals surface area contributed by atoms with E-state index < -0.39 is 11.5 Å². The summed E-state index contributed by atoms with van der Waals surface area (Å²) in [6, 6.07) is 5.06. The van der Waals surface area contributed by atoms with Crippen LogP contribution in [0.1, 0.15) is 52.4 Å². The molecular weight excluding hydrogens is 441 g/mol. The molecule has 0 aromatic heterocycles. The van der Waals surface area contributed by atoms with Gasteiger partial charge in [-0.2, -0.15) is 0 Å². The molecule has 1 aromatic rings. The maximum absolute atomic E-state index is 13.3. The number of rotatable bonds is 4. The van der Waals surface area contributed by atoms with E-state index in [0.29, 0.717) is 51.3 Å². The van der Waals surface area contributed by atoms with E-state index in [4.69, 9.17) is 9.47 Å². The average molecular weight is 478 g/mol. The Kier molecular flexibility index (Phi) is 9.27. The Morgan fingerprint density at radius 2 is 1.94 bits per heavy atom. The lowest BCUT2D eigenvalue weighted by molar-refractivity contribution is -0.142. The average Bonchev–Trinajstić information content (AvgIpc) is 2.81. The SMILES string of the molecule is C[C@@H]1NC(=O)C2(CCCCOC[C@H](C)NC1=O)CCN(C(=O)CCOc1cccc(F)c1)CC2. The van der Waals surface area contributed by atoms with Gasteiger partial charge in [0, 0.05) is 31.8 Å². The summed E-state index contributed by atoms with van der Waals surface area (Å²) in [6.07, 6.45) is 3.64. The minimum absolute atomic E-state index is 0.0496. The molecule has 2 heterocycles. The first-order valence-electron chi connectivity index (χ1n) is 12.1. The molecule has 2 saturated heterocycles. The van der Waals surface area contributed by atoms with Crippen molar-refractivity contribution in [1.82, 2.24) is 15.5 Å². The van der Waals surface area contributed by atoms with Crippen molar-refractivity contribution in [3.05, 3.63) is 30.1 Å². The maximum Gasteiger partial charge on any atom is 0.242 e. The van der Waals surface area contributed by atoms with Gasteiger partial charge in [-0.3, -0.25) is 14.4 Å². The summed E-state index contributed by atoms with van der Waals surface area (Å²) in [5.74, 6) is -0.396. The summed E-state index contributed by atoms with van der Waals surface area (Å²) in [4.78, 5) is 40.2. The van der Waals surface area contributed by atoms with Crippen LogP contribution in [0.5, 0.6) is 5.75 Å². The van der Waals surface area contributed by atoms with Crippen LogP contribution in [0.2, 0.25) is 0 Å². The highest BCUT2D eigenvalue weighted by Crippen LogP contribution is 2.37. The number of hydrogen-bond acceptors (Lipinski definition) is 5. The summed E-state index contributed by atoms with van der Waals surface area (Å²) >= 11 is 0. The summed E-state index contributed by atoms with van der Waals surface area (Å²) in [5.41, 5.74) is -0.608. The summed E-state index contributed by atoms with van der Waals surface area (Å²) in [5, 5.41) is 5.78. The third-order valence-electron chi connectivity index (χ3n) is 6.63. The second-order valence-electron chi connectivity index (χ2n) is 9.35. The minimum atomic E-state index is -0.646. The van der Waals surface area contributed by atoms with Gasteiger partial charge in [-0.15, -0.1) is 0 Å². The highest BCUT2D eigenvalue weighted by Gasteiger charge is 2.42. The molecule has 0 saturated carbocycles. The molecule has 3 amide bonds. The molecule has 2 aliphatic heterocycles. The Morgan fingerprint density at radius 3 is 2.68 bits per heavy atom. The first-order chi connectivity index (χ1) is 16.3. The number of ether oxygens (including phenoxy) is 2. The van der Waals surface area contributed by atoms with Crippen molar-refractivity contribution >= 4 is 17.7 Å². The van der Waals surface area contributed by atoms with Crippen LogP contribution in [0.3, 0.4) is 0 Å². The van der Waals surface area contributed by atoms with Gasteiger partial charge in [0.05, 0.1) is 25.0 Å². The van der Waals surface area contributed by atoms with Crippen LogP contribution in [-0.2, 0) is 19.1 Å². The van der Waals surface area contributed by atoms with Gasteiger partial charge < -0.3 is 25.0 Å². The number of carbonyl (C=O) groups excluding carboxylic acids is 3. The Bertz CT molecular complexity index is 857. The van der Waals surface area contributed by atoms with Crippen molar-refractivity contribution in [1.29, 1.82) is 0 Å². The number of likely N-dealkylation sites (tertiary alicyclic amines) is 1. The fraction of sp³-hybridized carbons (Fsp3) is 0.640. The van der Waals surface area contributed by atoms with Crippen LogP contribution < -0.4 is 15.4 Å².